The zero-order valence-electron chi connectivity index (χ0n) is 16.5. The van der Waals surface area contributed by atoms with Crippen LogP contribution in [0.1, 0.15) is 28.5 Å². The van der Waals surface area contributed by atoms with Crippen molar-refractivity contribution in [3.05, 3.63) is 104 Å². The second-order valence-electron chi connectivity index (χ2n) is 8.86. The number of ether oxygens (including phenoxy) is 1. The van der Waals surface area contributed by atoms with E-state index >= 15 is 0 Å². The van der Waals surface area contributed by atoms with Gasteiger partial charge < -0.3 is 4.74 Å². The molecule has 0 spiro atoms. The minimum atomic E-state index is -0.621. The summed E-state index contributed by atoms with van der Waals surface area (Å²) in [4.78, 5) is 21.3. The molecule has 7 nitrogen and oxygen atoms in total. The summed E-state index contributed by atoms with van der Waals surface area (Å²) in [5, 5.41) is 22.5. The lowest BCUT2D eigenvalue weighted by atomic mass is 9.57. The Morgan fingerprint density at radius 1 is 0.806 bits per heavy atom. The third-order valence-corrected chi connectivity index (χ3v) is 7.62. The largest absolute Gasteiger partial charge is 0.372 e. The van der Waals surface area contributed by atoms with Crippen LogP contribution in [-0.4, -0.2) is 16.0 Å². The Morgan fingerprint density at radius 2 is 1.42 bits per heavy atom. The van der Waals surface area contributed by atoms with Gasteiger partial charge >= 0.3 is 0 Å². The maximum absolute atomic E-state index is 11.5. The molecule has 1 saturated carbocycles. The highest BCUT2D eigenvalue weighted by Crippen LogP contribution is 2.65. The molecular formula is C24H20N2O5. The van der Waals surface area contributed by atoms with Crippen LogP contribution >= 0.6 is 0 Å². The second-order valence-corrected chi connectivity index (χ2v) is 8.86. The number of nitro benzene ring substituents is 2. The van der Waals surface area contributed by atoms with E-state index < -0.39 is 9.85 Å². The summed E-state index contributed by atoms with van der Waals surface area (Å²) in [6.45, 7) is 0.0722. The van der Waals surface area contributed by atoms with Gasteiger partial charge in [0, 0.05) is 29.7 Å². The zero-order chi connectivity index (χ0) is 21.3. The third kappa shape index (κ3) is 2.56. The number of nitro groups is 2. The Morgan fingerprint density at radius 3 is 1.97 bits per heavy atom. The van der Waals surface area contributed by atoms with Gasteiger partial charge in [0.1, 0.15) is 0 Å². The fraction of sp³-hybridized carbons (Fsp3) is 0.333. The number of benzene rings is 2. The van der Waals surface area contributed by atoms with Crippen LogP contribution in [0.4, 0.5) is 11.4 Å². The van der Waals surface area contributed by atoms with Gasteiger partial charge in [-0.1, -0.05) is 48.6 Å². The molecule has 2 aromatic carbocycles. The molecule has 31 heavy (non-hydrogen) atoms. The maximum Gasteiger partial charge on any atom is 0.281 e. The topological polar surface area (TPSA) is 95.5 Å². The quantitative estimate of drug-likeness (QED) is 0.393. The van der Waals surface area contributed by atoms with Gasteiger partial charge in [0.15, 0.2) is 0 Å². The molecule has 7 atom stereocenters. The molecule has 2 aromatic rings. The third-order valence-electron chi connectivity index (χ3n) is 7.62. The second kappa shape index (κ2) is 6.59. The van der Waals surface area contributed by atoms with E-state index in [0.717, 1.165) is 6.07 Å². The Balaban J connectivity index is 1.27. The Labute approximate surface area is 178 Å². The van der Waals surface area contributed by atoms with Gasteiger partial charge in [0.05, 0.1) is 34.2 Å². The van der Waals surface area contributed by atoms with Crippen molar-refractivity contribution in [3.8, 4) is 0 Å². The smallest absolute Gasteiger partial charge is 0.281 e. The van der Waals surface area contributed by atoms with Crippen LogP contribution in [-0.2, 0) is 11.3 Å². The first kappa shape index (κ1) is 18.4. The molecule has 7 rings (SSSR count). The summed E-state index contributed by atoms with van der Waals surface area (Å²) < 4.78 is 6.32. The van der Waals surface area contributed by atoms with Gasteiger partial charge in [-0.05, 0) is 29.0 Å². The van der Waals surface area contributed by atoms with Crippen LogP contribution in [0.15, 0.2) is 66.8 Å². The van der Waals surface area contributed by atoms with E-state index in [1.165, 1.54) is 23.3 Å². The molecule has 5 aliphatic carbocycles. The number of non-ortho nitro benzene ring substituents is 1. The van der Waals surface area contributed by atoms with Gasteiger partial charge in [0.25, 0.3) is 11.4 Å². The van der Waals surface area contributed by atoms with Crippen molar-refractivity contribution in [3.63, 3.8) is 0 Å². The average molecular weight is 416 g/mol. The maximum atomic E-state index is 11.5. The van der Waals surface area contributed by atoms with Gasteiger partial charge in [-0.2, -0.15) is 0 Å². The monoisotopic (exact) mass is 416 g/mol. The van der Waals surface area contributed by atoms with Crippen LogP contribution in [0.5, 0.6) is 0 Å². The number of fused-ring (bicyclic) bond motifs is 2. The van der Waals surface area contributed by atoms with E-state index in [1.54, 1.807) is 0 Å². The summed E-state index contributed by atoms with van der Waals surface area (Å²) in [5.74, 6) is 2.28. The summed E-state index contributed by atoms with van der Waals surface area (Å²) in [7, 11) is 0. The van der Waals surface area contributed by atoms with Gasteiger partial charge in [-0.15, -0.1) is 0 Å². The molecule has 156 valence electrons. The number of hydrogen-bond donors (Lipinski definition) is 0. The zero-order valence-corrected chi connectivity index (χ0v) is 16.5. The van der Waals surface area contributed by atoms with Crippen molar-refractivity contribution in [2.75, 3.05) is 0 Å². The standard InChI is InChI=1S/C24H20N2O5/c27-25(28)14-6-5-13(21(11-14)26(29)30)12-31-24-19-9-10-20(24)23-18-8-7-17(22(19)23)15-3-1-2-4-16(15)18/h1-11,17-20,22-24H,12H2/t17-,18-,19-,20-,22-,23+,24?/m0/s1. The first-order chi connectivity index (χ1) is 15.0. The van der Waals surface area contributed by atoms with E-state index in [9.17, 15) is 20.2 Å². The van der Waals surface area contributed by atoms with E-state index in [4.69, 9.17) is 4.74 Å². The summed E-state index contributed by atoms with van der Waals surface area (Å²) >= 11 is 0. The Hall–Kier alpha value is -3.32. The van der Waals surface area contributed by atoms with E-state index in [-0.39, 0.29) is 35.9 Å². The van der Waals surface area contributed by atoms with Crippen molar-refractivity contribution in [2.45, 2.75) is 24.5 Å². The van der Waals surface area contributed by atoms with Crippen molar-refractivity contribution in [1.82, 2.24) is 0 Å². The molecule has 0 aromatic heterocycles. The van der Waals surface area contributed by atoms with Crippen molar-refractivity contribution >= 4 is 11.4 Å². The molecule has 0 saturated heterocycles. The molecule has 0 N–H and O–H groups in total. The molecule has 5 aliphatic rings. The fourth-order valence-electron chi connectivity index (χ4n) is 6.50. The molecule has 7 heteroatoms. The summed E-state index contributed by atoms with van der Waals surface area (Å²) in [5.41, 5.74) is 2.65. The van der Waals surface area contributed by atoms with E-state index in [1.807, 2.05) is 0 Å². The molecule has 0 radical (unpaired) electrons. The fourth-order valence-corrected chi connectivity index (χ4v) is 6.50. The summed E-state index contributed by atoms with van der Waals surface area (Å²) in [6.07, 6.45) is 9.20. The molecule has 4 bridgehead atoms. The lowest BCUT2D eigenvalue weighted by Gasteiger charge is -2.46. The Bertz CT molecular complexity index is 1120. The molecule has 0 amide bonds. The lowest BCUT2D eigenvalue weighted by Crippen LogP contribution is -2.37. The minimum Gasteiger partial charge on any atom is -0.372 e. The number of rotatable bonds is 5. The van der Waals surface area contributed by atoms with Gasteiger partial charge in [0.2, 0.25) is 0 Å². The van der Waals surface area contributed by atoms with Crippen LogP contribution < -0.4 is 0 Å². The van der Waals surface area contributed by atoms with Crippen LogP contribution in [0.2, 0.25) is 0 Å². The highest BCUT2D eigenvalue weighted by molar-refractivity contribution is 5.50. The van der Waals surface area contributed by atoms with Gasteiger partial charge in [-0.3, -0.25) is 20.2 Å². The molecular weight excluding hydrogens is 396 g/mol. The highest BCUT2D eigenvalue weighted by Gasteiger charge is 2.60. The molecule has 1 unspecified atom stereocenters. The SMILES string of the molecule is O=[N+]([O-])c1ccc(COC2[C@H]3C=C[C@H]2[C@@H]2[C@H]3[C@H]3C=C[C@H]2c2ccccc23)c([N+](=O)[O-])c1. The highest BCUT2D eigenvalue weighted by atomic mass is 16.6. The van der Waals surface area contributed by atoms with Crippen LogP contribution in [0, 0.1) is 43.9 Å². The van der Waals surface area contributed by atoms with Crippen LogP contribution in [0.25, 0.3) is 0 Å². The number of hydrogen-bond acceptors (Lipinski definition) is 5. The van der Waals surface area contributed by atoms with Crippen LogP contribution in [0.3, 0.4) is 0 Å². The molecule has 0 heterocycles. The predicted molar refractivity (Wildman–Crippen MR) is 112 cm³/mol. The normalized spacial score (nSPS) is 33.4. The molecule has 1 fully saturated rings. The van der Waals surface area contributed by atoms with Crippen molar-refractivity contribution < 1.29 is 14.6 Å². The van der Waals surface area contributed by atoms with Crippen molar-refractivity contribution in [1.29, 1.82) is 0 Å². The predicted octanol–water partition coefficient (Wildman–Crippen LogP) is 4.89. The number of nitrogens with zero attached hydrogens (tertiary/aromatic N) is 2. The lowest BCUT2D eigenvalue weighted by molar-refractivity contribution is -0.394. The van der Waals surface area contributed by atoms with Gasteiger partial charge in [-0.25, -0.2) is 0 Å². The van der Waals surface area contributed by atoms with E-state index in [0.29, 0.717) is 29.2 Å². The first-order valence-electron chi connectivity index (χ1n) is 10.5. The average Bonchev–Trinajstić information content (AvgIpc) is 3.34. The van der Waals surface area contributed by atoms with Crippen molar-refractivity contribution in [2.24, 2.45) is 23.7 Å². The summed E-state index contributed by atoms with van der Waals surface area (Å²) in [6, 6.07) is 12.4. The minimum absolute atomic E-state index is 0.0241. The molecule has 0 aliphatic heterocycles. The first-order valence-corrected chi connectivity index (χ1v) is 10.5. The Kier molecular flexibility index (Phi) is 3.92. The number of allylic oxidation sites excluding steroid dienone is 2. The van der Waals surface area contributed by atoms with E-state index in [2.05, 4.69) is 48.6 Å².